The Hall–Kier alpha value is -1.47. The lowest BCUT2D eigenvalue weighted by molar-refractivity contribution is -0.143. The Morgan fingerprint density at radius 3 is 2.32 bits per heavy atom. The Morgan fingerprint density at radius 1 is 1.26 bits per heavy atom. The summed E-state index contributed by atoms with van der Waals surface area (Å²) in [5.41, 5.74) is 0. The molecule has 1 rings (SSSR count). The van der Waals surface area contributed by atoms with E-state index in [0.717, 1.165) is 16.4 Å². The van der Waals surface area contributed by atoms with Crippen molar-refractivity contribution in [3.8, 4) is 0 Å². The summed E-state index contributed by atoms with van der Waals surface area (Å²) < 4.78 is 42.9. The molecule has 0 aliphatic heterocycles. The van der Waals surface area contributed by atoms with E-state index in [2.05, 4.69) is 0 Å². The van der Waals surface area contributed by atoms with Gasteiger partial charge in [0.25, 0.3) is 0 Å². The molecule has 5 nitrogen and oxygen atoms in total. The highest BCUT2D eigenvalue weighted by Gasteiger charge is 2.25. The highest BCUT2D eigenvalue weighted by molar-refractivity contribution is 7.89. The lowest BCUT2D eigenvalue weighted by Gasteiger charge is -2.19. The van der Waals surface area contributed by atoms with Gasteiger partial charge in [-0.2, -0.15) is 4.31 Å². The van der Waals surface area contributed by atoms with E-state index in [0.29, 0.717) is 0 Å². The highest BCUT2D eigenvalue weighted by atomic mass is 32.2. The second-order valence-corrected chi connectivity index (χ2v) is 5.63. The van der Waals surface area contributed by atoms with E-state index in [9.17, 15) is 17.6 Å². The zero-order valence-corrected chi connectivity index (χ0v) is 11.6. The number of esters is 1. The van der Waals surface area contributed by atoms with Gasteiger partial charge in [0, 0.05) is 6.54 Å². The van der Waals surface area contributed by atoms with Gasteiger partial charge in [-0.25, -0.2) is 12.8 Å². The van der Waals surface area contributed by atoms with Gasteiger partial charge in [-0.3, -0.25) is 4.79 Å². The van der Waals surface area contributed by atoms with Crippen LogP contribution in [0.5, 0.6) is 0 Å². The van der Waals surface area contributed by atoms with Crippen LogP contribution in [-0.4, -0.2) is 38.4 Å². The molecular weight excluding hydrogens is 273 g/mol. The van der Waals surface area contributed by atoms with Crippen LogP contribution < -0.4 is 0 Å². The molecular formula is C12H16FNO4S. The molecule has 0 heterocycles. The summed E-state index contributed by atoms with van der Waals surface area (Å²) in [4.78, 5) is 11.3. The fourth-order valence-electron chi connectivity index (χ4n) is 1.47. The van der Waals surface area contributed by atoms with Gasteiger partial charge in [0.1, 0.15) is 12.4 Å². The first-order valence-electron chi connectivity index (χ1n) is 5.83. The van der Waals surface area contributed by atoms with Gasteiger partial charge in [0.2, 0.25) is 10.0 Å². The van der Waals surface area contributed by atoms with Gasteiger partial charge in [-0.05, 0) is 31.2 Å². The van der Waals surface area contributed by atoms with Crippen LogP contribution in [0, 0.1) is 5.82 Å². The molecule has 0 aromatic heterocycles. The first kappa shape index (κ1) is 15.6. The number of nitrogens with zero attached hydrogens (tertiary/aromatic N) is 1. The van der Waals surface area contributed by atoms with E-state index < -0.39 is 21.8 Å². The zero-order chi connectivity index (χ0) is 14.5. The number of ether oxygens (including phenoxy) is 1. The average Bonchev–Trinajstić information content (AvgIpc) is 2.36. The van der Waals surface area contributed by atoms with E-state index in [1.807, 2.05) is 0 Å². The van der Waals surface area contributed by atoms with Crippen molar-refractivity contribution in [3.63, 3.8) is 0 Å². The van der Waals surface area contributed by atoms with Crippen LogP contribution in [0.4, 0.5) is 4.39 Å². The van der Waals surface area contributed by atoms with Crippen LogP contribution >= 0.6 is 0 Å². The predicted molar refractivity (Wildman–Crippen MR) is 67.5 cm³/mol. The number of likely N-dealkylation sites (N-methyl/N-ethyl adjacent to an activating group) is 1. The molecule has 0 saturated carbocycles. The molecule has 0 N–H and O–H groups in total. The van der Waals surface area contributed by atoms with Gasteiger partial charge in [-0.1, -0.05) is 6.92 Å². The van der Waals surface area contributed by atoms with Crippen LogP contribution in [0.2, 0.25) is 0 Å². The monoisotopic (exact) mass is 289 g/mol. The normalized spacial score (nSPS) is 11.6. The molecule has 0 fully saturated rings. The maximum atomic E-state index is 12.8. The van der Waals surface area contributed by atoms with Crippen LogP contribution in [-0.2, 0) is 19.6 Å². The second-order valence-electron chi connectivity index (χ2n) is 3.69. The first-order valence-corrected chi connectivity index (χ1v) is 7.27. The van der Waals surface area contributed by atoms with Crippen LogP contribution in [0.15, 0.2) is 29.2 Å². The standard InChI is InChI=1S/C12H16FNO4S/c1-3-14(9-12(15)18-4-2)19(16,17)11-7-5-10(13)6-8-11/h5-8H,3-4,9H2,1-2H3. The molecule has 0 bridgehead atoms. The van der Waals surface area contributed by atoms with Crippen molar-refractivity contribution < 1.29 is 22.3 Å². The van der Waals surface area contributed by atoms with Crippen molar-refractivity contribution in [2.75, 3.05) is 19.7 Å². The number of sulfonamides is 1. The topological polar surface area (TPSA) is 63.7 Å². The third kappa shape index (κ3) is 4.00. The maximum absolute atomic E-state index is 12.8. The lowest BCUT2D eigenvalue weighted by Crippen LogP contribution is -2.36. The van der Waals surface area contributed by atoms with Crippen LogP contribution in [0.1, 0.15) is 13.8 Å². The van der Waals surface area contributed by atoms with Crippen molar-refractivity contribution in [3.05, 3.63) is 30.1 Å². The molecule has 0 atom stereocenters. The van der Waals surface area contributed by atoms with E-state index in [4.69, 9.17) is 4.74 Å². The van der Waals surface area contributed by atoms with Gasteiger partial charge in [0.05, 0.1) is 11.5 Å². The summed E-state index contributed by atoms with van der Waals surface area (Å²) in [6, 6.07) is 4.45. The lowest BCUT2D eigenvalue weighted by atomic mass is 10.4. The minimum absolute atomic E-state index is 0.0555. The fourth-order valence-corrected chi connectivity index (χ4v) is 2.87. The summed E-state index contributed by atoms with van der Waals surface area (Å²) >= 11 is 0. The highest BCUT2D eigenvalue weighted by Crippen LogP contribution is 2.15. The minimum Gasteiger partial charge on any atom is -0.465 e. The van der Waals surface area contributed by atoms with Crippen molar-refractivity contribution in [2.24, 2.45) is 0 Å². The fraction of sp³-hybridized carbons (Fsp3) is 0.417. The molecule has 0 amide bonds. The first-order chi connectivity index (χ1) is 8.91. The molecule has 0 spiro atoms. The van der Waals surface area contributed by atoms with Crippen molar-refractivity contribution in [1.29, 1.82) is 0 Å². The number of benzene rings is 1. The summed E-state index contributed by atoms with van der Waals surface area (Å²) in [6.45, 7) is 3.21. The Labute approximate surface area is 112 Å². The molecule has 7 heteroatoms. The summed E-state index contributed by atoms with van der Waals surface area (Å²) in [7, 11) is -3.82. The van der Waals surface area contributed by atoms with Gasteiger partial charge in [-0.15, -0.1) is 0 Å². The number of hydrogen-bond acceptors (Lipinski definition) is 4. The Balaban J connectivity index is 2.95. The summed E-state index contributed by atoms with van der Waals surface area (Å²) in [5, 5.41) is 0. The summed E-state index contributed by atoms with van der Waals surface area (Å²) in [6.07, 6.45) is 0. The molecule has 1 aromatic rings. The predicted octanol–water partition coefficient (Wildman–Crippen LogP) is 1.40. The van der Waals surface area contributed by atoms with Crippen LogP contribution in [0.25, 0.3) is 0 Å². The molecule has 106 valence electrons. The van der Waals surface area contributed by atoms with E-state index in [1.165, 1.54) is 12.1 Å². The SMILES string of the molecule is CCOC(=O)CN(CC)S(=O)(=O)c1ccc(F)cc1. The Kier molecular flexibility index (Phi) is 5.44. The Bertz CT molecular complexity index is 527. The third-order valence-electron chi connectivity index (χ3n) is 2.41. The molecule has 0 aliphatic carbocycles. The average molecular weight is 289 g/mol. The molecule has 1 aromatic carbocycles. The van der Waals surface area contributed by atoms with Crippen molar-refractivity contribution in [1.82, 2.24) is 4.31 Å². The molecule has 0 unspecified atom stereocenters. The number of halogens is 1. The van der Waals surface area contributed by atoms with Crippen LogP contribution in [0.3, 0.4) is 0 Å². The number of rotatable bonds is 6. The molecule has 0 aliphatic rings. The molecule has 19 heavy (non-hydrogen) atoms. The number of hydrogen-bond donors (Lipinski definition) is 0. The smallest absolute Gasteiger partial charge is 0.321 e. The van der Waals surface area contributed by atoms with Crippen molar-refractivity contribution >= 4 is 16.0 Å². The quantitative estimate of drug-likeness (QED) is 0.743. The van der Waals surface area contributed by atoms with Gasteiger partial charge >= 0.3 is 5.97 Å². The molecule has 0 saturated heterocycles. The minimum atomic E-state index is -3.82. The van der Waals surface area contributed by atoms with E-state index >= 15 is 0 Å². The number of carbonyl (C=O) groups is 1. The van der Waals surface area contributed by atoms with E-state index in [1.54, 1.807) is 13.8 Å². The summed E-state index contributed by atoms with van der Waals surface area (Å²) in [5.74, 6) is -1.14. The maximum Gasteiger partial charge on any atom is 0.321 e. The second kappa shape index (κ2) is 6.63. The Morgan fingerprint density at radius 2 is 1.84 bits per heavy atom. The largest absolute Gasteiger partial charge is 0.465 e. The van der Waals surface area contributed by atoms with Gasteiger partial charge in [0.15, 0.2) is 0 Å². The zero-order valence-electron chi connectivity index (χ0n) is 10.8. The van der Waals surface area contributed by atoms with Gasteiger partial charge < -0.3 is 4.74 Å². The molecule has 0 radical (unpaired) electrons. The van der Waals surface area contributed by atoms with E-state index in [-0.39, 0.29) is 24.6 Å². The van der Waals surface area contributed by atoms with Crippen molar-refractivity contribution in [2.45, 2.75) is 18.7 Å². The third-order valence-corrected chi connectivity index (χ3v) is 4.35. The number of carbonyl (C=O) groups excluding carboxylic acids is 1.